The number of aryl methyl sites for hydroxylation is 2. The largest absolute Gasteiger partial charge is 0.382 e. The van der Waals surface area contributed by atoms with Gasteiger partial charge < -0.3 is 11.1 Å². The van der Waals surface area contributed by atoms with Gasteiger partial charge in [-0.1, -0.05) is 0 Å². The first-order valence-corrected chi connectivity index (χ1v) is 4.51. The molecule has 2 aromatic heterocycles. The van der Waals surface area contributed by atoms with Crippen molar-refractivity contribution in [3.05, 3.63) is 24.0 Å². The first-order valence-electron chi connectivity index (χ1n) is 4.51. The summed E-state index contributed by atoms with van der Waals surface area (Å²) in [5.74, 6) is 1.06. The van der Waals surface area contributed by atoms with Crippen molar-refractivity contribution in [3.63, 3.8) is 0 Å². The van der Waals surface area contributed by atoms with Gasteiger partial charge in [-0.3, -0.25) is 4.68 Å². The number of aromatic nitrogens is 4. The molecule has 0 bridgehead atoms. The highest BCUT2D eigenvalue weighted by Gasteiger charge is 2.03. The third kappa shape index (κ3) is 2.04. The van der Waals surface area contributed by atoms with Crippen LogP contribution < -0.4 is 11.1 Å². The summed E-state index contributed by atoms with van der Waals surface area (Å²) in [6.45, 7) is 1.92. The standard InChI is InChI=1S/C9H12N6/c1-6-7(5-15(2)14-6)11-9-4-3-8(10)12-13-9/h3-5H,1-2H3,(H2,10,12)(H,11,13). The summed E-state index contributed by atoms with van der Waals surface area (Å²) in [5.41, 5.74) is 7.26. The SMILES string of the molecule is Cc1nn(C)cc1Nc1ccc(N)nn1. The number of nitrogen functional groups attached to an aromatic ring is 1. The van der Waals surface area contributed by atoms with Crippen LogP contribution in [0.2, 0.25) is 0 Å². The maximum absolute atomic E-state index is 5.44. The lowest BCUT2D eigenvalue weighted by molar-refractivity contribution is 0.756. The Morgan fingerprint density at radius 1 is 1.33 bits per heavy atom. The highest BCUT2D eigenvalue weighted by atomic mass is 15.3. The van der Waals surface area contributed by atoms with Crippen LogP contribution in [0.1, 0.15) is 5.69 Å². The molecule has 0 aliphatic heterocycles. The molecule has 2 aromatic rings. The van der Waals surface area contributed by atoms with Crippen molar-refractivity contribution in [2.45, 2.75) is 6.92 Å². The van der Waals surface area contributed by atoms with Crippen molar-refractivity contribution >= 4 is 17.3 Å². The molecule has 0 saturated carbocycles. The lowest BCUT2D eigenvalue weighted by Gasteiger charge is -2.02. The van der Waals surface area contributed by atoms with Gasteiger partial charge in [0.2, 0.25) is 0 Å². The molecule has 0 radical (unpaired) electrons. The molecule has 3 N–H and O–H groups in total. The van der Waals surface area contributed by atoms with Crippen molar-refractivity contribution in [3.8, 4) is 0 Å². The van der Waals surface area contributed by atoms with E-state index in [0.29, 0.717) is 11.6 Å². The van der Waals surface area contributed by atoms with E-state index in [2.05, 4.69) is 20.6 Å². The van der Waals surface area contributed by atoms with Crippen LogP contribution in [0, 0.1) is 6.92 Å². The number of nitrogens with one attached hydrogen (secondary N) is 1. The average molecular weight is 204 g/mol. The summed E-state index contributed by atoms with van der Waals surface area (Å²) in [6.07, 6.45) is 1.88. The molecular formula is C9H12N6. The monoisotopic (exact) mass is 204 g/mol. The van der Waals surface area contributed by atoms with E-state index in [9.17, 15) is 0 Å². The first-order chi connectivity index (χ1) is 7.15. The number of nitrogens with zero attached hydrogens (tertiary/aromatic N) is 4. The smallest absolute Gasteiger partial charge is 0.153 e. The quantitative estimate of drug-likeness (QED) is 0.757. The second kappa shape index (κ2) is 3.56. The van der Waals surface area contributed by atoms with Gasteiger partial charge in [0.1, 0.15) is 5.82 Å². The van der Waals surface area contributed by atoms with Gasteiger partial charge >= 0.3 is 0 Å². The zero-order chi connectivity index (χ0) is 10.8. The normalized spacial score (nSPS) is 10.3. The summed E-state index contributed by atoms with van der Waals surface area (Å²) < 4.78 is 1.74. The molecular weight excluding hydrogens is 192 g/mol. The van der Waals surface area contributed by atoms with Gasteiger partial charge in [-0.15, -0.1) is 10.2 Å². The van der Waals surface area contributed by atoms with Gasteiger partial charge in [-0.2, -0.15) is 5.10 Å². The molecule has 15 heavy (non-hydrogen) atoms. The first kappa shape index (κ1) is 9.45. The lowest BCUT2D eigenvalue weighted by atomic mass is 10.4. The Morgan fingerprint density at radius 2 is 2.13 bits per heavy atom. The third-order valence-corrected chi connectivity index (χ3v) is 1.96. The Bertz CT molecular complexity index is 458. The highest BCUT2D eigenvalue weighted by molar-refractivity contribution is 5.57. The highest BCUT2D eigenvalue weighted by Crippen LogP contribution is 2.16. The minimum absolute atomic E-state index is 0.406. The van der Waals surface area contributed by atoms with E-state index in [1.807, 2.05) is 20.2 Å². The second-order valence-electron chi connectivity index (χ2n) is 3.27. The molecule has 6 heteroatoms. The number of hydrogen-bond acceptors (Lipinski definition) is 5. The third-order valence-electron chi connectivity index (χ3n) is 1.96. The van der Waals surface area contributed by atoms with Gasteiger partial charge in [0, 0.05) is 13.2 Å². The molecule has 2 rings (SSSR count). The summed E-state index contributed by atoms with van der Waals surface area (Å²) >= 11 is 0. The molecule has 6 nitrogen and oxygen atoms in total. The topological polar surface area (TPSA) is 81.7 Å². The van der Waals surface area contributed by atoms with Gasteiger partial charge in [-0.25, -0.2) is 0 Å². The van der Waals surface area contributed by atoms with Crippen LogP contribution in [0.25, 0.3) is 0 Å². The maximum Gasteiger partial charge on any atom is 0.153 e. The van der Waals surface area contributed by atoms with E-state index in [0.717, 1.165) is 11.4 Å². The Balaban J connectivity index is 2.21. The molecule has 2 heterocycles. The molecule has 0 unspecified atom stereocenters. The zero-order valence-electron chi connectivity index (χ0n) is 8.60. The van der Waals surface area contributed by atoms with E-state index < -0.39 is 0 Å². The van der Waals surface area contributed by atoms with Crippen LogP contribution in [0.5, 0.6) is 0 Å². The molecule has 78 valence electrons. The Kier molecular flexibility index (Phi) is 2.24. The van der Waals surface area contributed by atoms with Crippen molar-refractivity contribution < 1.29 is 0 Å². The molecule has 0 amide bonds. The summed E-state index contributed by atoms with van der Waals surface area (Å²) in [6, 6.07) is 3.47. The molecule has 0 saturated heterocycles. The minimum Gasteiger partial charge on any atom is -0.382 e. The van der Waals surface area contributed by atoms with Crippen molar-refractivity contribution in [2.24, 2.45) is 7.05 Å². The maximum atomic E-state index is 5.44. The Hall–Kier alpha value is -2.11. The van der Waals surface area contributed by atoms with Crippen molar-refractivity contribution in [1.29, 1.82) is 0 Å². The molecule has 0 fully saturated rings. The van der Waals surface area contributed by atoms with E-state index >= 15 is 0 Å². The zero-order valence-corrected chi connectivity index (χ0v) is 8.60. The van der Waals surface area contributed by atoms with Gasteiger partial charge in [0.25, 0.3) is 0 Å². The van der Waals surface area contributed by atoms with E-state index in [1.165, 1.54) is 0 Å². The fourth-order valence-electron chi connectivity index (χ4n) is 1.27. The predicted octanol–water partition coefficient (Wildman–Crippen LogP) is 0.844. The van der Waals surface area contributed by atoms with Gasteiger partial charge in [0.05, 0.1) is 11.4 Å². The van der Waals surface area contributed by atoms with E-state index in [-0.39, 0.29) is 0 Å². The second-order valence-corrected chi connectivity index (χ2v) is 3.27. The summed E-state index contributed by atoms with van der Waals surface area (Å²) in [7, 11) is 1.87. The fraction of sp³-hybridized carbons (Fsp3) is 0.222. The van der Waals surface area contributed by atoms with Crippen molar-refractivity contribution in [1.82, 2.24) is 20.0 Å². The van der Waals surface area contributed by atoms with E-state index in [1.54, 1.807) is 16.8 Å². The van der Waals surface area contributed by atoms with Crippen LogP contribution in [0.15, 0.2) is 18.3 Å². The van der Waals surface area contributed by atoms with Crippen LogP contribution >= 0.6 is 0 Å². The Labute approximate surface area is 87.1 Å². The van der Waals surface area contributed by atoms with Crippen LogP contribution in [0.4, 0.5) is 17.3 Å². The number of nitrogens with two attached hydrogens (primary N) is 1. The minimum atomic E-state index is 0.406. The predicted molar refractivity (Wildman–Crippen MR) is 57.7 cm³/mol. The van der Waals surface area contributed by atoms with Gasteiger partial charge in [0.15, 0.2) is 5.82 Å². The molecule has 0 atom stereocenters. The fourth-order valence-corrected chi connectivity index (χ4v) is 1.27. The number of hydrogen-bond donors (Lipinski definition) is 2. The number of anilines is 3. The van der Waals surface area contributed by atoms with E-state index in [4.69, 9.17) is 5.73 Å². The average Bonchev–Trinajstić information content (AvgIpc) is 2.49. The molecule has 0 aliphatic rings. The summed E-state index contributed by atoms with van der Waals surface area (Å²) in [4.78, 5) is 0. The molecule has 0 spiro atoms. The van der Waals surface area contributed by atoms with Crippen LogP contribution in [0.3, 0.4) is 0 Å². The molecule has 0 aromatic carbocycles. The molecule has 0 aliphatic carbocycles. The van der Waals surface area contributed by atoms with Crippen LogP contribution in [-0.4, -0.2) is 20.0 Å². The number of rotatable bonds is 2. The van der Waals surface area contributed by atoms with Crippen LogP contribution in [-0.2, 0) is 7.05 Å². The van der Waals surface area contributed by atoms with Gasteiger partial charge in [-0.05, 0) is 19.1 Å². The Morgan fingerprint density at radius 3 is 2.67 bits per heavy atom. The van der Waals surface area contributed by atoms with Crippen molar-refractivity contribution in [2.75, 3.05) is 11.1 Å². The lowest BCUT2D eigenvalue weighted by Crippen LogP contribution is -1.98. The summed E-state index contributed by atoms with van der Waals surface area (Å²) in [5, 5.41) is 15.0.